The van der Waals surface area contributed by atoms with Crippen molar-refractivity contribution in [2.24, 2.45) is 0 Å². The average Bonchev–Trinajstić information content (AvgIpc) is 3.16. The molecule has 2 saturated heterocycles. The van der Waals surface area contributed by atoms with E-state index in [1.807, 2.05) is 6.26 Å². The molecule has 0 aliphatic carbocycles. The zero-order valence-electron chi connectivity index (χ0n) is 20.6. The number of ether oxygens (including phenoxy) is 2. The van der Waals surface area contributed by atoms with E-state index in [4.69, 9.17) is 9.47 Å². The van der Waals surface area contributed by atoms with Crippen molar-refractivity contribution in [1.82, 2.24) is 9.80 Å². The van der Waals surface area contributed by atoms with Crippen molar-refractivity contribution in [2.75, 3.05) is 38.3 Å². The maximum Gasteiger partial charge on any atom is 0.416 e. The first-order valence-electron chi connectivity index (χ1n) is 12.1. The number of nitrogens with zero attached hydrogens (tertiary/aromatic N) is 2. The highest BCUT2D eigenvalue weighted by Gasteiger charge is 2.46. The van der Waals surface area contributed by atoms with E-state index in [-0.39, 0.29) is 23.8 Å². The van der Waals surface area contributed by atoms with Gasteiger partial charge < -0.3 is 14.4 Å². The van der Waals surface area contributed by atoms with E-state index in [1.165, 1.54) is 36.0 Å². The van der Waals surface area contributed by atoms with Gasteiger partial charge in [0, 0.05) is 38.9 Å². The van der Waals surface area contributed by atoms with Crippen molar-refractivity contribution in [3.63, 3.8) is 0 Å². The minimum Gasteiger partial charge on any atom is -0.486 e. The Morgan fingerprint density at radius 2 is 1.63 bits per heavy atom. The Morgan fingerprint density at radius 3 is 2.26 bits per heavy atom. The van der Waals surface area contributed by atoms with Crippen molar-refractivity contribution >= 4 is 17.9 Å². The van der Waals surface area contributed by atoms with Gasteiger partial charge >= 0.3 is 18.4 Å². The zero-order chi connectivity index (χ0) is 27.6. The molecule has 0 bridgehead atoms. The largest absolute Gasteiger partial charge is 0.486 e. The molecule has 1 unspecified atom stereocenters. The van der Waals surface area contributed by atoms with Crippen LogP contribution in [0.1, 0.15) is 42.1 Å². The Kier molecular flexibility index (Phi) is 8.41. The molecule has 0 radical (unpaired) electrons. The highest BCUT2D eigenvalue weighted by atomic mass is 32.2. The first-order chi connectivity index (χ1) is 17.9. The summed E-state index contributed by atoms with van der Waals surface area (Å²) in [5, 5.41) is 0. The fraction of sp³-hybridized carbons (Fsp3) is 0.500. The summed E-state index contributed by atoms with van der Waals surface area (Å²) in [6.45, 7) is 2.18. The van der Waals surface area contributed by atoms with Crippen molar-refractivity contribution < 1.29 is 40.6 Å². The van der Waals surface area contributed by atoms with Gasteiger partial charge in [-0.3, -0.25) is 4.90 Å². The Hall–Kier alpha value is -2.60. The quantitative estimate of drug-likeness (QED) is 0.330. The van der Waals surface area contributed by atoms with E-state index in [9.17, 15) is 31.1 Å². The van der Waals surface area contributed by atoms with Gasteiger partial charge in [-0.2, -0.15) is 26.3 Å². The van der Waals surface area contributed by atoms with Gasteiger partial charge in [-0.05, 0) is 42.2 Å². The van der Waals surface area contributed by atoms with Crippen LogP contribution in [0.15, 0.2) is 48.5 Å². The van der Waals surface area contributed by atoms with Gasteiger partial charge in [0.05, 0.1) is 23.5 Å². The second-order valence-corrected chi connectivity index (χ2v) is 10.4. The lowest BCUT2D eigenvalue weighted by Gasteiger charge is -2.37. The summed E-state index contributed by atoms with van der Waals surface area (Å²) in [7, 11) is 0. The number of amides is 1. The Morgan fingerprint density at radius 1 is 1.00 bits per heavy atom. The minimum atomic E-state index is -4.58. The van der Waals surface area contributed by atoms with Crippen molar-refractivity contribution in [3.8, 4) is 5.75 Å². The van der Waals surface area contributed by atoms with Gasteiger partial charge in [0.2, 0.25) is 0 Å². The maximum absolute atomic E-state index is 13.4. The molecule has 0 saturated carbocycles. The van der Waals surface area contributed by atoms with Gasteiger partial charge in [0.15, 0.2) is 0 Å². The van der Waals surface area contributed by atoms with Crippen LogP contribution in [-0.2, 0) is 17.1 Å². The summed E-state index contributed by atoms with van der Waals surface area (Å²) in [5.74, 6) is 0.474. The molecule has 38 heavy (non-hydrogen) atoms. The second-order valence-electron chi connectivity index (χ2n) is 9.55. The third-order valence-corrected chi connectivity index (χ3v) is 7.40. The molecule has 2 aromatic carbocycles. The number of hydrogen-bond donors (Lipinski definition) is 0. The standard InChI is InChI=1S/C26H28F6N2O3S/c1-38-17-34-16-24(37-23(34)35)9-12-33(13-10-24)11-8-22(18-4-2-5-19(14-18)25(27,28)29)36-21-7-3-6-20(15-21)26(30,31)32/h2-7,14-15,22H,8-13,16-17H2,1H3. The lowest BCUT2D eigenvalue weighted by Crippen LogP contribution is -2.47. The van der Waals surface area contributed by atoms with Crippen LogP contribution >= 0.6 is 11.8 Å². The summed E-state index contributed by atoms with van der Waals surface area (Å²) in [4.78, 5) is 15.9. The molecule has 2 heterocycles. The molecular weight excluding hydrogens is 534 g/mol. The van der Waals surface area contributed by atoms with Gasteiger partial charge in [-0.25, -0.2) is 4.79 Å². The number of benzene rings is 2. The number of rotatable bonds is 8. The number of piperidine rings is 1. The third-order valence-electron chi connectivity index (χ3n) is 6.83. The number of carbonyl (C=O) groups excluding carboxylic acids is 1. The molecule has 12 heteroatoms. The van der Waals surface area contributed by atoms with E-state index >= 15 is 0 Å². The summed E-state index contributed by atoms with van der Waals surface area (Å²) in [5.41, 5.74) is -2.08. The molecular formula is C26H28F6N2O3S. The Bertz CT molecular complexity index is 1120. The average molecular weight is 563 g/mol. The van der Waals surface area contributed by atoms with Gasteiger partial charge in [0.25, 0.3) is 0 Å². The van der Waals surface area contributed by atoms with Crippen LogP contribution in [0.3, 0.4) is 0 Å². The molecule has 2 aromatic rings. The van der Waals surface area contributed by atoms with E-state index in [2.05, 4.69) is 4.90 Å². The van der Waals surface area contributed by atoms with Crippen LogP contribution < -0.4 is 4.74 Å². The van der Waals surface area contributed by atoms with E-state index < -0.39 is 35.2 Å². The van der Waals surface area contributed by atoms with E-state index in [1.54, 1.807) is 4.90 Å². The van der Waals surface area contributed by atoms with Crippen LogP contribution in [0.4, 0.5) is 31.1 Å². The number of likely N-dealkylation sites (tertiary alicyclic amines) is 1. The van der Waals surface area contributed by atoms with Gasteiger partial charge in [0.1, 0.15) is 17.5 Å². The molecule has 5 nitrogen and oxygen atoms in total. The second kappa shape index (κ2) is 11.3. The molecule has 1 amide bonds. The van der Waals surface area contributed by atoms with Crippen LogP contribution in [0.25, 0.3) is 0 Å². The van der Waals surface area contributed by atoms with Gasteiger partial charge in [-0.1, -0.05) is 18.2 Å². The fourth-order valence-corrected chi connectivity index (χ4v) is 5.32. The Balaban J connectivity index is 1.46. The molecule has 2 aliphatic rings. The first-order valence-corrected chi connectivity index (χ1v) is 13.5. The monoisotopic (exact) mass is 562 g/mol. The fourth-order valence-electron chi connectivity index (χ4n) is 4.81. The highest BCUT2D eigenvalue weighted by Crippen LogP contribution is 2.37. The van der Waals surface area contributed by atoms with Crippen LogP contribution in [0, 0.1) is 0 Å². The lowest BCUT2D eigenvalue weighted by molar-refractivity contribution is -0.138. The smallest absolute Gasteiger partial charge is 0.416 e. The van der Waals surface area contributed by atoms with Crippen LogP contribution in [0.5, 0.6) is 5.75 Å². The summed E-state index contributed by atoms with van der Waals surface area (Å²) >= 11 is 1.53. The maximum atomic E-state index is 13.4. The van der Waals surface area contributed by atoms with E-state index in [0.29, 0.717) is 44.9 Å². The third kappa shape index (κ3) is 6.88. The predicted molar refractivity (Wildman–Crippen MR) is 131 cm³/mol. The number of halogens is 6. The van der Waals surface area contributed by atoms with Crippen molar-refractivity contribution in [3.05, 3.63) is 65.2 Å². The number of carbonyl (C=O) groups is 1. The first kappa shape index (κ1) is 28.4. The van der Waals surface area contributed by atoms with Gasteiger partial charge in [-0.15, -0.1) is 11.8 Å². The molecule has 1 atom stereocenters. The molecule has 2 aliphatic heterocycles. The summed E-state index contributed by atoms with van der Waals surface area (Å²) < 4.78 is 91.2. The number of hydrogen-bond acceptors (Lipinski definition) is 5. The molecule has 0 N–H and O–H groups in total. The molecule has 0 aromatic heterocycles. The van der Waals surface area contributed by atoms with E-state index in [0.717, 1.165) is 24.3 Å². The molecule has 1 spiro atoms. The number of alkyl halides is 6. The Labute approximate surface area is 221 Å². The van der Waals surface area contributed by atoms with Crippen molar-refractivity contribution in [1.29, 1.82) is 0 Å². The lowest BCUT2D eigenvalue weighted by atomic mass is 9.91. The van der Waals surface area contributed by atoms with Crippen LogP contribution in [0.2, 0.25) is 0 Å². The van der Waals surface area contributed by atoms with Crippen LogP contribution in [-0.4, -0.2) is 59.8 Å². The minimum absolute atomic E-state index is 0.0772. The zero-order valence-corrected chi connectivity index (χ0v) is 21.5. The normalized spacial score (nSPS) is 19.0. The molecule has 208 valence electrons. The highest BCUT2D eigenvalue weighted by molar-refractivity contribution is 7.98. The summed E-state index contributed by atoms with van der Waals surface area (Å²) in [6.07, 6.45) is -6.99. The van der Waals surface area contributed by atoms with Crippen molar-refractivity contribution in [2.45, 2.75) is 43.3 Å². The summed E-state index contributed by atoms with van der Waals surface area (Å²) in [6, 6.07) is 8.98. The molecule has 4 rings (SSSR count). The number of thioether (sulfide) groups is 1. The SMILES string of the molecule is CSCN1CC2(CCN(CCC(Oc3cccc(C(F)(F)F)c3)c3cccc(C(F)(F)F)c3)CC2)OC1=O. The predicted octanol–water partition coefficient (Wildman–Crippen LogP) is 6.84. The topological polar surface area (TPSA) is 42.0 Å². The molecule has 2 fully saturated rings.